The van der Waals surface area contributed by atoms with Gasteiger partial charge in [0.05, 0.1) is 12.7 Å². The van der Waals surface area contributed by atoms with Gasteiger partial charge in [-0.3, -0.25) is 4.98 Å². The van der Waals surface area contributed by atoms with Crippen LogP contribution < -0.4 is 4.74 Å². The molecule has 0 radical (unpaired) electrons. The van der Waals surface area contributed by atoms with Gasteiger partial charge in [-0.2, -0.15) is 0 Å². The van der Waals surface area contributed by atoms with Crippen LogP contribution in [0.3, 0.4) is 0 Å². The number of methoxy groups -OCH3 is 1. The smallest absolute Gasteiger partial charge is 0.336 e. The Hall–Kier alpha value is -2.36. The van der Waals surface area contributed by atoms with Crippen molar-refractivity contribution in [2.45, 2.75) is 38.0 Å². The standard InChI is InChI=1S/C19H21NO3/c1-23-16-7-8-17-13(3-2-4-14(17)11-16)5-6-15-12-20-10-9-18(15)19(21)22/h7-13H,2-6H2,1H3,(H,21,22)/t13-/m1/s1. The number of pyridine rings is 1. The number of carboxylic acid groups (broad SMARTS) is 1. The van der Waals surface area contributed by atoms with Crippen molar-refractivity contribution in [2.75, 3.05) is 7.11 Å². The second kappa shape index (κ2) is 6.82. The maximum absolute atomic E-state index is 11.3. The lowest BCUT2D eigenvalue weighted by Crippen LogP contribution is -2.12. The highest BCUT2D eigenvalue weighted by Gasteiger charge is 2.21. The van der Waals surface area contributed by atoms with Crippen LogP contribution in [0.4, 0.5) is 0 Å². The summed E-state index contributed by atoms with van der Waals surface area (Å²) in [6, 6.07) is 7.90. The predicted molar refractivity (Wildman–Crippen MR) is 88.2 cm³/mol. The zero-order valence-electron chi connectivity index (χ0n) is 13.3. The summed E-state index contributed by atoms with van der Waals surface area (Å²) < 4.78 is 5.31. The third-order valence-electron chi connectivity index (χ3n) is 4.68. The summed E-state index contributed by atoms with van der Waals surface area (Å²) in [5.74, 6) is 0.507. The monoisotopic (exact) mass is 311 g/mol. The summed E-state index contributed by atoms with van der Waals surface area (Å²) in [4.78, 5) is 15.4. The maximum atomic E-state index is 11.3. The molecule has 3 rings (SSSR count). The number of hydrogen-bond donors (Lipinski definition) is 1. The first kappa shape index (κ1) is 15.5. The molecule has 1 aromatic carbocycles. The molecule has 4 heteroatoms. The third-order valence-corrected chi connectivity index (χ3v) is 4.68. The van der Waals surface area contributed by atoms with E-state index < -0.39 is 5.97 Å². The second-order valence-corrected chi connectivity index (χ2v) is 6.03. The number of nitrogens with zero attached hydrogens (tertiary/aromatic N) is 1. The number of hydrogen-bond acceptors (Lipinski definition) is 3. The van der Waals surface area contributed by atoms with Crippen LogP contribution in [0.2, 0.25) is 0 Å². The lowest BCUT2D eigenvalue weighted by atomic mass is 9.79. The molecular weight excluding hydrogens is 290 g/mol. The molecule has 1 aromatic heterocycles. The van der Waals surface area contributed by atoms with Gasteiger partial charge in [0.15, 0.2) is 0 Å². The molecule has 1 aliphatic rings. The van der Waals surface area contributed by atoms with Gasteiger partial charge in [-0.05, 0) is 72.9 Å². The van der Waals surface area contributed by atoms with Crippen LogP contribution in [0.25, 0.3) is 0 Å². The Morgan fingerprint density at radius 3 is 3.04 bits per heavy atom. The lowest BCUT2D eigenvalue weighted by Gasteiger charge is -2.26. The molecule has 1 atom stereocenters. The van der Waals surface area contributed by atoms with Crippen LogP contribution in [0, 0.1) is 0 Å². The van der Waals surface area contributed by atoms with E-state index in [-0.39, 0.29) is 0 Å². The van der Waals surface area contributed by atoms with Gasteiger partial charge < -0.3 is 9.84 Å². The minimum Gasteiger partial charge on any atom is -0.497 e. The SMILES string of the molecule is COc1ccc2c(c1)CCC[C@@H]2CCc1cnccc1C(=O)O. The molecule has 1 N–H and O–H groups in total. The van der Waals surface area contributed by atoms with Gasteiger partial charge >= 0.3 is 5.97 Å². The van der Waals surface area contributed by atoms with Crippen LogP contribution in [0.1, 0.15) is 52.2 Å². The second-order valence-electron chi connectivity index (χ2n) is 6.03. The van der Waals surface area contributed by atoms with Crippen molar-refractivity contribution in [3.05, 3.63) is 58.9 Å². The molecule has 23 heavy (non-hydrogen) atoms. The highest BCUT2D eigenvalue weighted by atomic mass is 16.5. The van der Waals surface area contributed by atoms with Gasteiger partial charge in [-0.15, -0.1) is 0 Å². The molecule has 0 saturated carbocycles. The Bertz CT molecular complexity index is 712. The van der Waals surface area contributed by atoms with E-state index in [1.54, 1.807) is 19.4 Å². The van der Waals surface area contributed by atoms with Crippen molar-refractivity contribution in [3.63, 3.8) is 0 Å². The summed E-state index contributed by atoms with van der Waals surface area (Å²) in [6.45, 7) is 0. The van der Waals surface area contributed by atoms with Crippen LogP contribution in [-0.2, 0) is 12.8 Å². The number of aromatic carboxylic acids is 1. The third kappa shape index (κ3) is 3.36. The Morgan fingerprint density at radius 1 is 1.39 bits per heavy atom. The molecule has 0 fully saturated rings. The van der Waals surface area contributed by atoms with Crippen molar-refractivity contribution in [1.29, 1.82) is 0 Å². The van der Waals surface area contributed by atoms with Crippen molar-refractivity contribution >= 4 is 5.97 Å². The predicted octanol–water partition coefficient (Wildman–Crippen LogP) is 3.84. The first-order chi connectivity index (χ1) is 11.2. The number of ether oxygens (including phenoxy) is 1. The molecule has 0 unspecified atom stereocenters. The largest absolute Gasteiger partial charge is 0.497 e. The number of carboxylic acids is 1. The van der Waals surface area contributed by atoms with Crippen LogP contribution in [-0.4, -0.2) is 23.2 Å². The molecule has 0 spiro atoms. The van der Waals surface area contributed by atoms with Gasteiger partial charge in [0, 0.05) is 12.4 Å². The Kier molecular flexibility index (Phi) is 4.60. The van der Waals surface area contributed by atoms with E-state index in [0.29, 0.717) is 11.5 Å². The summed E-state index contributed by atoms with van der Waals surface area (Å²) in [5, 5.41) is 9.28. The van der Waals surface area contributed by atoms with Crippen molar-refractivity contribution in [3.8, 4) is 5.75 Å². The highest BCUT2D eigenvalue weighted by molar-refractivity contribution is 5.89. The number of rotatable bonds is 5. The fraction of sp³-hybridized carbons (Fsp3) is 0.368. The Labute approximate surface area is 136 Å². The first-order valence-corrected chi connectivity index (χ1v) is 8.02. The molecule has 0 bridgehead atoms. The van der Waals surface area contributed by atoms with Crippen LogP contribution >= 0.6 is 0 Å². The lowest BCUT2D eigenvalue weighted by molar-refractivity contribution is 0.0695. The molecule has 1 aliphatic carbocycles. The van der Waals surface area contributed by atoms with Crippen molar-refractivity contribution < 1.29 is 14.6 Å². The van der Waals surface area contributed by atoms with Crippen LogP contribution in [0.5, 0.6) is 5.75 Å². The Morgan fingerprint density at radius 2 is 2.26 bits per heavy atom. The molecule has 120 valence electrons. The summed E-state index contributed by atoms with van der Waals surface area (Å²) in [5.41, 5.74) is 3.94. The topological polar surface area (TPSA) is 59.4 Å². The molecule has 4 nitrogen and oxygen atoms in total. The van der Waals surface area contributed by atoms with E-state index in [1.807, 2.05) is 6.07 Å². The van der Waals surface area contributed by atoms with Gasteiger partial charge in [0.1, 0.15) is 5.75 Å². The van der Waals surface area contributed by atoms with E-state index in [9.17, 15) is 9.90 Å². The summed E-state index contributed by atoms with van der Waals surface area (Å²) >= 11 is 0. The first-order valence-electron chi connectivity index (χ1n) is 8.02. The molecular formula is C19H21NO3. The van der Waals surface area contributed by atoms with Gasteiger partial charge in [0.2, 0.25) is 0 Å². The van der Waals surface area contributed by atoms with Crippen molar-refractivity contribution in [2.24, 2.45) is 0 Å². The molecule has 2 aromatic rings. The molecule has 1 heterocycles. The Balaban J connectivity index is 1.77. The average Bonchev–Trinajstić information content (AvgIpc) is 2.59. The van der Waals surface area contributed by atoms with E-state index in [1.165, 1.54) is 23.7 Å². The maximum Gasteiger partial charge on any atom is 0.336 e. The van der Waals surface area contributed by atoms with Crippen LogP contribution in [0.15, 0.2) is 36.7 Å². The summed E-state index contributed by atoms with van der Waals surface area (Å²) in [6.07, 6.45) is 8.33. The van der Waals surface area contributed by atoms with Gasteiger partial charge in [0.25, 0.3) is 0 Å². The summed E-state index contributed by atoms with van der Waals surface area (Å²) in [7, 11) is 1.69. The molecule has 0 saturated heterocycles. The fourth-order valence-corrected chi connectivity index (χ4v) is 3.48. The van der Waals surface area contributed by atoms with Gasteiger partial charge in [-0.25, -0.2) is 4.79 Å². The minimum atomic E-state index is -0.879. The van der Waals surface area contributed by atoms with Gasteiger partial charge in [-0.1, -0.05) is 6.07 Å². The molecule has 0 amide bonds. The van der Waals surface area contributed by atoms with E-state index in [2.05, 4.69) is 17.1 Å². The average molecular weight is 311 g/mol. The minimum absolute atomic E-state index is 0.366. The van der Waals surface area contributed by atoms with Crippen molar-refractivity contribution in [1.82, 2.24) is 4.98 Å². The zero-order valence-corrected chi connectivity index (χ0v) is 13.3. The highest BCUT2D eigenvalue weighted by Crippen LogP contribution is 2.36. The van der Waals surface area contributed by atoms with E-state index in [0.717, 1.165) is 37.0 Å². The van der Waals surface area contributed by atoms with E-state index >= 15 is 0 Å². The fourth-order valence-electron chi connectivity index (χ4n) is 3.48. The number of fused-ring (bicyclic) bond motifs is 1. The normalized spacial score (nSPS) is 16.7. The quantitative estimate of drug-likeness (QED) is 0.911. The number of benzene rings is 1. The number of aryl methyl sites for hydroxylation is 2. The number of carbonyl (C=O) groups is 1. The van der Waals surface area contributed by atoms with E-state index in [4.69, 9.17) is 4.74 Å². The number of aromatic nitrogens is 1. The zero-order chi connectivity index (χ0) is 16.2. The molecule has 0 aliphatic heterocycles.